The minimum Gasteiger partial charge on any atom is -0.496 e. The van der Waals surface area contributed by atoms with Crippen LogP contribution in [-0.4, -0.2) is 42.1 Å². The van der Waals surface area contributed by atoms with Crippen LogP contribution in [0.1, 0.15) is 31.7 Å². The maximum absolute atomic E-state index is 13.1. The summed E-state index contributed by atoms with van der Waals surface area (Å²) in [7, 11) is 1.56. The van der Waals surface area contributed by atoms with E-state index in [4.69, 9.17) is 9.72 Å². The van der Waals surface area contributed by atoms with Gasteiger partial charge in [0, 0.05) is 36.7 Å². The number of hydrogen-bond donors (Lipinski definition) is 1. The lowest BCUT2D eigenvalue weighted by Gasteiger charge is -2.33. The number of piperidine rings is 1. The molecular formula is C26H27F3N4O2. The van der Waals surface area contributed by atoms with Gasteiger partial charge in [0.25, 0.3) is 0 Å². The van der Waals surface area contributed by atoms with E-state index < -0.39 is 11.7 Å². The number of ether oxygens (including phenoxy) is 1. The van der Waals surface area contributed by atoms with E-state index in [9.17, 15) is 18.0 Å². The summed E-state index contributed by atoms with van der Waals surface area (Å²) in [5, 5.41) is 3.04. The number of hydrogen-bond acceptors (Lipinski definition) is 5. The van der Waals surface area contributed by atoms with Crippen molar-refractivity contribution in [2.45, 2.75) is 38.4 Å². The molecule has 2 heterocycles. The normalized spacial score (nSPS) is 14.6. The second kappa shape index (κ2) is 10.3. The summed E-state index contributed by atoms with van der Waals surface area (Å²) in [4.78, 5) is 23.4. The van der Waals surface area contributed by atoms with Crippen molar-refractivity contribution in [1.29, 1.82) is 0 Å². The van der Waals surface area contributed by atoms with Gasteiger partial charge in [0.2, 0.25) is 5.91 Å². The number of carbonyl (C=O) groups is 1. The van der Waals surface area contributed by atoms with Crippen LogP contribution in [0.3, 0.4) is 0 Å². The number of anilines is 1. The molecule has 1 saturated heterocycles. The molecule has 0 aliphatic carbocycles. The maximum Gasteiger partial charge on any atom is 0.416 e. The quantitative estimate of drug-likeness (QED) is 0.512. The Morgan fingerprint density at radius 3 is 2.40 bits per heavy atom. The van der Waals surface area contributed by atoms with E-state index in [1.54, 1.807) is 13.3 Å². The molecule has 0 saturated carbocycles. The zero-order valence-corrected chi connectivity index (χ0v) is 19.6. The number of nitrogens with zero attached hydrogens (tertiary/aromatic N) is 3. The summed E-state index contributed by atoms with van der Waals surface area (Å²) in [6, 6.07) is 12.4. The predicted octanol–water partition coefficient (Wildman–Crippen LogP) is 5.33. The molecule has 0 bridgehead atoms. The van der Waals surface area contributed by atoms with Gasteiger partial charge in [-0.15, -0.1) is 0 Å². The smallest absolute Gasteiger partial charge is 0.416 e. The average molecular weight is 485 g/mol. The molecule has 0 atom stereocenters. The number of halogens is 3. The Kier molecular flexibility index (Phi) is 7.23. The summed E-state index contributed by atoms with van der Waals surface area (Å²) >= 11 is 0. The molecule has 1 N–H and O–H groups in total. The number of nitrogens with one attached hydrogen (secondary N) is 1. The van der Waals surface area contributed by atoms with Gasteiger partial charge in [0.05, 0.1) is 24.6 Å². The first-order valence-electron chi connectivity index (χ1n) is 11.5. The Bertz CT molecular complexity index is 1170. The second-order valence-electron chi connectivity index (χ2n) is 8.38. The fourth-order valence-corrected chi connectivity index (χ4v) is 4.17. The first kappa shape index (κ1) is 24.5. The van der Waals surface area contributed by atoms with Crippen molar-refractivity contribution < 1.29 is 22.7 Å². The number of rotatable bonds is 6. The van der Waals surface area contributed by atoms with Gasteiger partial charge in [0.1, 0.15) is 17.3 Å². The van der Waals surface area contributed by atoms with Crippen molar-refractivity contribution in [2.75, 3.05) is 25.1 Å². The molecule has 3 aromatic rings. The molecule has 6 nitrogen and oxygen atoms in total. The van der Waals surface area contributed by atoms with E-state index in [0.717, 1.165) is 25.0 Å². The zero-order valence-electron chi connectivity index (χ0n) is 19.6. The largest absolute Gasteiger partial charge is 0.496 e. The minimum atomic E-state index is -4.41. The van der Waals surface area contributed by atoms with Crippen molar-refractivity contribution in [3.05, 3.63) is 60.3 Å². The highest BCUT2D eigenvalue weighted by Crippen LogP contribution is 2.37. The van der Waals surface area contributed by atoms with Crippen molar-refractivity contribution in [1.82, 2.24) is 15.3 Å². The van der Waals surface area contributed by atoms with Crippen LogP contribution in [0.2, 0.25) is 0 Å². The number of aromatic nitrogens is 2. The summed E-state index contributed by atoms with van der Waals surface area (Å²) in [6.07, 6.45) is -0.728. The van der Waals surface area contributed by atoms with Crippen LogP contribution in [0.15, 0.2) is 54.7 Å². The molecule has 0 radical (unpaired) electrons. The lowest BCUT2D eigenvalue weighted by atomic mass is 10.0. The molecule has 1 fully saturated rings. The van der Waals surface area contributed by atoms with Crippen LogP contribution in [0, 0.1) is 0 Å². The van der Waals surface area contributed by atoms with Crippen molar-refractivity contribution >= 4 is 11.7 Å². The van der Waals surface area contributed by atoms with Crippen LogP contribution in [0.25, 0.3) is 22.5 Å². The third kappa shape index (κ3) is 5.55. The Morgan fingerprint density at radius 1 is 1.09 bits per heavy atom. The SMILES string of the molecule is CCC(=O)NC1CCN(c2cnc(-c3ccc(C(F)(F)F)cc3)c(-c3ccccc3OC)n2)CC1. The molecule has 1 aromatic heterocycles. The highest BCUT2D eigenvalue weighted by molar-refractivity contribution is 5.82. The van der Waals surface area contributed by atoms with Gasteiger partial charge >= 0.3 is 6.18 Å². The van der Waals surface area contributed by atoms with Gasteiger partial charge in [-0.05, 0) is 37.1 Å². The van der Waals surface area contributed by atoms with Crippen molar-refractivity contribution in [3.63, 3.8) is 0 Å². The van der Waals surface area contributed by atoms with Gasteiger partial charge in [-0.25, -0.2) is 4.98 Å². The lowest BCUT2D eigenvalue weighted by molar-refractivity contribution is -0.137. The summed E-state index contributed by atoms with van der Waals surface area (Å²) in [5.74, 6) is 1.30. The van der Waals surface area contributed by atoms with E-state index in [2.05, 4.69) is 15.2 Å². The molecule has 1 aliphatic rings. The van der Waals surface area contributed by atoms with E-state index in [0.29, 0.717) is 53.6 Å². The molecule has 0 unspecified atom stereocenters. The molecule has 184 valence electrons. The minimum absolute atomic E-state index is 0.0441. The van der Waals surface area contributed by atoms with Gasteiger partial charge in [-0.1, -0.05) is 31.2 Å². The molecule has 1 aliphatic heterocycles. The Hall–Kier alpha value is -3.62. The molecule has 4 rings (SSSR count). The highest BCUT2D eigenvalue weighted by atomic mass is 19.4. The first-order chi connectivity index (χ1) is 16.8. The van der Waals surface area contributed by atoms with Crippen molar-refractivity contribution in [3.8, 4) is 28.3 Å². The molecular weight excluding hydrogens is 457 g/mol. The van der Waals surface area contributed by atoms with Gasteiger partial charge in [0.15, 0.2) is 0 Å². The van der Waals surface area contributed by atoms with E-state index in [-0.39, 0.29) is 11.9 Å². The fraction of sp³-hybridized carbons (Fsp3) is 0.346. The van der Waals surface area contributed by atoms with E-state index in [1.165, 1.54) is 12.1 Å². The molecule has 35 heavy (non-hydrogen) atoms. The fourth-order valence-electron chi connectivity index (χ4n) is 4.17. The Balaban J connectivity index is 1.69. The van der Waals surface area contributed by atoms with Gasteiger partial charge in [-0.2, -0.15) is 13.2 Å². The van der Waals surface area contributed by atoms with Gasteiger partial charge in [-0.3, -0.25) is 9.78 Å². The monoisotopic (exact) mass is 484 g/mol. The predicted molar refractivity (Wildman–Crippen MR) is 128 cm³/mol. The summed E-state index contributed by atoms with van der Waals surface area (Å²) in [6.45, 7) is 3.24. The maximum atomic E-state index is 13.1. The Morgan fingerprint density at radius 2 is 1.77 bits per heavy atom. The van der Waals surface area contributed by atoms with E-state index in [1.807, 2.05) is 31.2 Å². The molecule has 9 heteroatoms. The molecule has 2 aromatic carbocycles. The summed E-state index contributed by atoms with van der Waals surface area (Å²) in [5.41, 5.74) is 1.50. The second-order valence-corrected chi connectivity index (χ2v) is 8.38. The number of benzene rings is 2. The third-order valence-corrected chi connectivity index (χ3v) is 6.11. The topological polar surface area (TPSA) is 67.4 Å². The van der Waals surface area contributed by atoms with E-state index >= 15 is 0 Å². The third-order valence-electron chi connectivity index (χ3n) is 6.11. The molecule has 1 amide bonds. The van der Waals surface area contributed by atoms with Crippen LogP contribution in [0.5, 0.6) is 5.75 Å². The van der Waals surface area contributed by atoms with Crippen molar-refractivity contribution in [2.24, 2.45) is 0 Å². The first-order valence-corrected chi connectivity index (χ1v) is 11.5. The van der Waals surface area contributed by atoms with Crippen LogP contribution in [-0.2, 0) is 11.0 Å². The number of carbonyl (C=O) groups excluding carboxylic acids is 1. The lowest BCUT2D eigenvalue weighted by Crippen LogP contribution is -2.44. The summed E-state index contributed by atoms with van der Waals surface area (Å²) < 4.78 is 44.7. The Labute approximate surface area is 202 Å². The van der Waals surface area contributed by atoms with Gasteiger partial charge < -0.3 is 15.0 Å². The zero-order chi connectivity index (χ0) is 25.0. The number of methoxy groups -OCH3 is 1. The standard InChI is InChI=1S/C26H27F3N4O2/c1-3-23(34)31-19-12-14-33(15-13-19)22-16-30-24(17-8-10-18(11-9-17)26(27,28)29)25(32-22)20-6-4-5-7-21(20)35-2/h4-11,16,19H,3,12-15H2,1-2H3,(H,31,34). The van der Waals surface area contributed by atoms with Crippen LogP contribution >= 0.6 is 0 Å². The number of amides is 1. The highest BCUT2D eigenvalue weighted by Gasteiger charge is 2.30. The van der Waals surface area contributed by atoms with Crippen LogP contribution in [0.4, 0.5) is 19.0 Å². The molecule has 0 spiro atoms. The number of alkyl halides is 3. The van der Waals surface area contributed by atoms with Crippen LogP contribution < -0.4 is 15.0 Å². The average Bonchev–Trinajstić information content (AvgIpc) is 2.88. The number of para-hydroxylation sites is 1.